The van der Waals surface area contributed by atoms with Gasteiger partial charge in [0.1, 0.15) is 11.7 Å². The summed E-state index contributed by atoms with van der Waals surface area (Å²) in [6.45, 7) is 20.0. The summed E-state index contributed by atoms with van der Waals surface area (Å²) in [4.78, 5) is 23.1. The van der Waals surface area contributed by atoms with Crippen molar-refractivity contribution in [2.75, 3.05) is 0 Å². The number of carbonyl (C=O) groups is 2. The molecule has 2 fully saturated rings. The number of allylic oxidation sites excluding steroid dienone is 1. The van der Waals surface area contributed by atoms with Gasteiger partial charge < -0.3 is 9.47 Å². The van der Waals surface area contributed by atoms with Crippen LogP contribution in [-0.2, 0) is 19.1 Å². The van der Waals surface area contributed by atoms with Gasteiger partial charge >= 0.3 is 11.9 Å². The van der Waals surface area contributed by atoms with E-state index in [0.717, 1.165) is 38.5 Å². The van der Waals surface area contributed by atoms with Gasteiger partial charge in [-0.2, -0.15) is 0 Å². The van der Waals surface area contributed by atoms with E-state index in [2.05, 4.69) is 33.9 Å². The van der Waals surface area contributed by atoms with Crippen molar-refractivity contribution in [2.45, 2.75) is 91.8 Å². The Hall–Kier alpha value is -1.58. The minimum atomic E-state index is -0.653. The lowest BCUT2D eigenvalue weighted by atomic mass is 9.46. The second-order valence-electron chi connectivity index (χ2n) is 9.92. The molecule has 28 heavy (non-hydrogen) atoms. The third kappa shape index (κ3) is 4.36. The van der Waals surface area contributed by atoms with E-state index in [-0.39, 0.29) is 28.9 Å². The van der Waals surface area contributed by atoms with E-state index in [1.807, 2.05) is 6.92 Å². The maximum Gasteiger partial charge on any atom is 0.303 e. The van der Waals surface area contributed by atoms with Gasteiger partial charge in [0.2, 0.25) is 0 Å². The maximum absolute atomic E-state index is 11.6. The van der Waals surface area contributed by atoms with Crippen LogP contribution in [0, 0.1) is 22.7 Å². The van der Waals surface area contributed by atoms with Crippen LogP contribution in [0.2, 0.25) is 0 Å². The monoisotopic (exact) mass is 390 g/mol. The zero-order valence-electron chi connectivity index (χ0n) is 18.6. The fraction of sp³-hybridized carbons (Fsp3) is 0.750. The van der Waals surface area contributed by atoms with Crippen molar-refractivity contribution in [1.29, 1.82) is 0 Å². The first-order valence-corrected chi connectivity index (χ1v) is 10.5. The average molecular weight is 391 g/mol. The molecule has 0 unspecified atom stereocenters. The molecule has 0 radical (unpaired) electrons. The molecular formula is C24H38O4. The largest absolute Gasteiger partial charge is 0.462 e. The van der Waals surface area contributed by atoms with E-state index < -0.39 is 5.60 Å². The van der Waals surface area contributed by atoms with Crippen LogP contribution in [0.3, 0.4) is 0 Å². The predicted molar refractivity (Wildman–Crippen MR) is 112 cm³/mol. The first kappa shape index (κ1) is 22.7. The SMILES string of the molecule is C=C[C@@](C)(CC[C@H]1C(=C)CC[C@H]2C(C)(C)[C@@H](OC(C)=O)CC[C@]12C)OC(C)=O. The third-order valence-corrected chi connectivity index (χ3v) is 7.56. The minimum absolute atomic E-state index is 0.0328. The summed E-state index contributed by atoms with van der Waals surface area (Å²) in [6, 6.07) is 0. The predicted octanol–water partition coefficient (Wildman–Crippen LogP) is 5.61. The Balaban J connectivity index is 2.24. The molecular weight excluding hydrogens is 352 g/mol. The molecule has 5 atom stereocenters. The molecule has 2 saturated carbocycles. The first-order valence-electron chi connectivity index (χ1n) is 10.5. The second-order valence-corrected chi connectivity index (χ2v) is 9.92. The molecule has 4 heteroatoms. The van der Waals surface area contributed by atoms with Crippen LogP contribution in [0.4, 0.5) is 0 Å². The summed E-state index contributed by atoms with van der Waals surface area (Å²) >= 11 is 0. The van der Waals surface area contributed by atoms with E-state index in [0.29, 0.717) is 11.8 Å². The van der Waals surface area contributed by atoms with Crippen LogP contribution in [0.1, 0.15) is 80.1 Å². The molecule has 0 aliphatic heterocycles. The normalized spacial score (nSPS) is 33.9. The molecule has 158 valence electrons. The van der Waals surface area contributed by atoms with Gasteiger partial charge in [0, 0.05) is 19.3 Å². The number of hydrogen-bond acceptors (Lipinski definition) is 4. The van der Waals surface area contributed by atoms with Crippen molar-refractivity contribution in [3.63, 3.8) is 0 Å². The van der Waals surface area contributed by atoms with Crippen molar-refractivity contribution in [1.82, 2.24) is 0 Å². The average Bonchev–Trinajstić information content (AvgIpc) is 2.56. The van der Waals surface area contributed by atoms with Crippen LogP contribution in [0.15, 0.2) is 24.8 Å². The summed E-state index contributed by atoms with van der Waals surface area (Å²) in [5, 5.41) is 0. The highest BCUT2D eigenvalue weighted by Gasteiger charge is 2.57. The molecule has 4 nitrogen and oxygen atoms in total. The Labute approximate surface area is 170 Å². The van der Waals surface area contributed by atoms with Gasteiger partial charge in [0.05, 0.1) is 0 Å². The molecule has 0 N–H and O–H groups in total. The van der Waals surface area contributed by atoms with E-state index in [1.165, 1.54) is 19.4 Å². The van der Waals surface area contributed by atoms with Crippen molar-refractivity contribution in [2.24, 2.45) is 22.7 Å². The standard InChI is InChI=1S/C24H38O4/c1-9-23(7,28-18(4)26)14-12-19-16(2)10-11-20-22(5,6)21(27-17(3)25)13-15-24(19,20)8/h9,19-21H,1-2,10-15H2,3-8H3/t19-,20-,21-,23-,24+/m0/s1. The third-order valence-electron chi connectivity index (χ3n) is 7.56. The lowest BCUT2D eigenvalue weighted by Crippen LogP contribution is -2.55. The number of rotatable bonds is 6. The Morgan fingerprint density at radius 3 is 2.39 bits per heavy atom. The highest BCUT2D eigenvalue weighted by molar-refractivity contribution is 5.67. The van der Waals surface area contributed by atoms with Gasteiger partial charge in [-0.15, -0.1) is 0 Å². The highest BCUT2D eigenvalue weighted by atomic mass is 16.6. The molecule has 0 heterocycles. The highest BCUT2D eigenvalue weighted by Crippen LogP contribution is 2.62. The van der Waals surface area contributed by atoms with Crippen LogP contribution in [0.25, 0.3) is 0 Å². The molecule has 0 aromatic carbocycles. The van der Waals surface area contributed by atoms with Gasteiger partial charge in [0.15, 0.2) is 0 Å². The fourth-order valence-corrected chi connectivity index (χ4v) is 6.05. The van der Waals surface area contributed by atoms with Gasteiger partial charge in [0.25, 0.3) is 0 Å². The van der Waals surface area contributed by atoms with Crippen LogP contribution < -0.4 is 0 Å². The zero-order valence-corrected chi connectivity index (χ0v) is 18.6. The lowest BCUT2D eigenvalue weighted by molar-refractivity contribution is -0.175. The van der Waals surface area contributed by atoms with Gasteiger partial charge in [-0.05, 0) is 68.8 Å². The molecule has 0 aromatic heterocycles. The van der Waals surface area contributed by atoms with Crippen LogP contribution in [0.5, 0.6) is 0 Å². The number of esters is 2. The van der Waals surface area contributed by atoms with Crippen molar-refractivity contribution >= 4 is 11.9 Å². The Bertz CT molecular complexity index is 649. The van der Waals surface area contributed by atoms with Crippen LogP contribution >= 0.6 is 0 Å². The van der Waals surface area contributed by atoms with Crippen molar-refractivity contribution in [3.05, 3.63) is 24.8 Å². The van der Waals surface area contributed by atoms with E-state index >= 15 is 0 Å². The van der Waals surface area contributed by atoms with Crippen molar-refractivity contribution < 1.29 is 19.1 Å². The Morgan fingerprint density at radius 2 is 1.86 bits per heavy atom. The number of hydrogen-bond donors (Lipinski definition) is 0. The minimum Gasteiger partial charge on any atom is -0.462 e. The van der Waals surface area contributed by atoms with Gasteiger partial charge in [-0.1, -0.05) is 39.5 Å². The molecule has 0 aromatic rings. The topological polar surface area (TPSA) is 52.6 Å². The molecule has 0 amide bonds. The molecule has 0 bridgehead atoms. The maximum atomic E-state index is 11.6. The van der Waals surface area contributed by atoms with Gasteiger partial charge in [-0.3, -0.25) is 9.59 Å². The summed E-state index contributed by atoms with van der Waals surface area (Å²) in [5.41, 5.74) is 0.679. The van der Waals surface area contributed by atoms with Gasteiger partial charge in [-0.25, -0.2) is 0 Å². The summed E-state index contributed by atoms with van der Waals surface area (Å²) < 4.78 is 11.2. The number of fused-ring (bicyclic) bond motifs is 1. The van der Waals surface area contributed by atoms with E-state index in [4.69, 9.17) is 9.47 Å². The Kier molecular flexibility index (Phi) is 6.52. The number of carbonyl (C=O) groups excluding carboxylic acids is 2. The lowest BCUT2D eigenvalue weighted by Gasteiger charge is -2.60. The summed E-state index contributed by atoms with van der Waals surface area (Å²) in [5.74, 6) is 0.342. The quantitative estimate of drug-likeness (QED) is 0.437. The van der Waals surface area contributed by atoms with Crippen molar-refractivity contribution in [3.8, 4) is 0 Å². The molecule has 0 spiro atoms. The summed E-state index contributed by atoms with van der Waals surface area (Å²) in [7, 11) is 0. The molecule has 2 rings (SSSR count). The fourth-order valence-electron chi connectivity index (χ4n) is 6.05. The van der Waals surface area contributed by atoms with E-state index in [1.54, 1.807) is 6.08 Å². The zero-order chi connectivity index (χ0) is 21.3. The van der Waals surface area contributed by atoms with E-state index in [9.17, 15) is 9.59 Å². The summed E-state index contributed by atoms with van der Waals surface area (Å²) in [6.07, 6.45) is 7.33. The molecule has 2 aliphatic rings. The molecule has 0 saturated heterocycles. The number of ether oxygens (including phenoxy) is 2. The first-order chi connectivity index (χ1) is 12.9. The Morgan fingerprint density at radius 1 is 1.21 bits per heavy atom. The molecule has 2 aliphatic carbocycles. The second kappa shape index (κ2) is 8.04. The smallest absolute Gasteiger partial charge is 0.303 e. The van der Waals surface area contributed by atoms with Crippen LogP contribution in [-0.4, -0.2) is 23.6 Å².